The predicted octanol–water partition coefficient (Wildman–Crippen LogP) is 12.5. The number of rotatable bonds is 33. The molecule has 9 nitrogen and oxygen atoms in total. The van der Waals surface area contributed by atoms with Crippen LogP contribution in [0.5, 0.6) is 0 Å². The van der Waals surface area contributed by atoms with E-state index in [4.69, 9.17) is 58.9 Å². The Morgan fingerprint density at radius 1 is 0.649 bits per heavy atom. The summed E-state index contributed by atoms with van der Waals surface area (Å²) < 4.78 is 27.3. The molecule has 0 aromatic rings. The van der Waals surface area contributed by atoms with Crippen molar-refractivity contribution in [1.29, 1.82) is 10.8 Å². The molecule has 0 aromatic heterocycles. The van der Waals surface area contributed by atoms with Gasteiger partial charge in [-0.25, -0.2) is 5.41 Å². The molecule has 0 rings (SSSR count). The molecule has 57 heavy (non-hydrogen) atoms. The van der Waals surface area contributed by atoms with Crippen LogP contribution in [0.4, 0.5) is 4.79 Å². The topological polar surface area (TPSA) is 128 Å². The zero-order chi connectivity index (χ0) is 43.5. The molecule has 0 saturated carbocycles. The van der Waals surface area contributed by atoms with Gasteiger partial charge in [-0.15, -0.1) is 0 Å². The van der Waals surface area contributed by atoms with Gasteiger partial charge in [-0.3, -0.25) is 4.79 Å². The van der Waals surface area contributed by atoms with Crippen LogP contribution in [0, 0.1) is 10.8 Å². The van der Waals surface area contributed by atoms with Crippen LogP contribution in [-0.2, 0) is 28.5 Å². The summed E-state index contributed by atoms with van der Waals surface area (Å²) in [5.74, 6) is 4.97. The predicted molar refractivity (Wildman–Crippen MR) is 269 cm³/mol. The quantitative estimate of drug-likeness (QED) is 0.0280. The summed E-state index contributed by atoms with van der Waals surface area (Å²) in [5.41, 5.74) is 0.721. The Kier molecular flexibility index (Phi) is 51.1. The zero-order valence-electron chi connectivity index (χ0n) is 36.4. The average molecular weight is 954 g/mol. The third-order valence-electron chi connectivity index (χ3n) is 7.71. The summed E-state index contributed by atoms with van der Waals surface area (Å²) in [4.78, 5) is 23.5. The second kappa shape index (κ2) is 47.3. The molecule has 0 radical (unpaired) electrons. The van der Waals surface area contributed by atoms with Crippen molar-refractivity contribution in [1.82, 2.24) is 0 Å². The van der Waals surface area contributed by atoms with Crippen LogP contribution < -0.4 is 0 Å². The van der Waals surface area contributed by atoms with Gasteiger partial charge < -0.3 is 33.9 Å². The van der Waals surface area contributed by atoms with Gasteiger partial charge in [0.25, 0.3) is 0 Å². The van der Waals surface area contributed by atoms with Gasteiger partial charge in [0.05, 0.1) is 25.4 Å². The third-order valence-corrected chi connectivity index (χ3v) is 14.4. The van der Waals surface area contributed by atoms with Crippen LogP contribution in [-0.4, -0.2) is 130 Å². The fraction of sp³-hybridized carbons (Fsp3) is 0.850. The summed E-state index contributed by atoms with van der Waals surface area (Å²) in [6, 6.07) is 0. The van der Waals surface area contributed by atoms with E-state index in [1.807, 2.05) is 43.6 Å². The number of carbonyl (C=O) groups excluding carboxylic acids is 2. The van der Waals surface area contributed by atoms with Crippen LogP contribution in [0.3, 0.4) is 0 Å². The van der Waals surface area contributed by atoms with Crippen molar-refractivity contribution in [3.05, 3.63) is 0 Å². The summed E-state index contributed by atoms with van der Waals surface area (Å²) in [7, 11) is 3.34. The maximum atomic E-state index is 11.6. The largest absolute Gasteiger partial charge is 0.479 e. The molecule has 0 aromatic carbocycles. The van der Waals surface area contributed by atoms with E-state index in [0.29, 0.717) is 29.3 Å². The first kappa shape index (κ1) is 61.6. The van der Waals surface area contributed by atoms with E-state index in [9.17, 15) is 9.59 Å². The van der Waals surface area contributed by atoms with Gasteiger partial charge in [0, 0.05) is 60.4 Å². The maximum Gasteiger partial charge on any atom is 0.380 e. The number of ketones is 1. The molecule has 0 spiro atoms. The SMILES string of the molecule is CCCC(COC(=N)OCCCCCC(C)=N)OC.COC(CSC)CSC(=O)SCCCCCC(C)=O.CSCC(CSC(=S)OCCCCCC(C)=S)SC. The van der Waals surface area contributed by atoms with Crippen LogP contribution in [0.15, 0.2) is 0 Å². The van der Waals surface area contributed by atoms with Crippen molar-refractivity contribution < 1.29 is 33.3 Å². The van der Waals surface area contributed by atoms with Gasteiger partial charge in [0.15, 0.2) is 0 Å². The Hall–Kier alpha value is 0.280. The lowest BCUT2D eigenvalue weighted by atomic mass is 10.1. The van der Waals surface area contributed by atoms with Gasteiger partial charge in [0.1, 0.15) is 12.4 Å². The molecule has 0 aliphatic heterocycles. The van der Waals surface area contributed by atoms with E-state index in [1.165, 1.54) is 42.1 Å². The number of ether oxygens (including phenoxy) is 5. The van der Waals surface area contributed by atoms with Gasteiger partial charge in [-0.1, -0.05) is 67.3 Å². The summed E-state index contributed by atoms with van der Waals surface area (Å²) in [6.07, 6.45) is 20.2. The highest BCUT2D eigenvalue weighted by Gasteiger charge is 2.12. The molecule has 0 bridgehead atoms. The Labute approximate surface area is 384 Å². The summed E-state index contributed by atoms with van der Waals surface area (Å²) >= 11 is 20.2. The van der Waals surface area contributed by atoms with Crippen LogP contribution in [0.25, 0.3) is 0 Å². The zero-order valence-corrected chi connectivity index (χ0v) is 42.9. The van der Waals surface area contributed by atoms with Gasteiger partial charge in [0.2, 0.25) is 8.83 Å². The van der Waals surface area contributed by atoms with Crippen molar-refractivity contribution in [3.63, 3.8) is 0 Å². The average Bonchev–Trinajstić information content (AvgIpc) is 3.17. The molecule has 2 N–H and O–H groups in total. The Balaban J connectivity index is -0.000000767. The number of nitrogens with one attached hydrogen (secondary N) is 2. The van der Waals surface area contributed by atoms with E-state index in [-0.39, 0.29) is 28.5 Å². The lowest BCUT2D eigenvalue weighted by molar-refractivity contribution is -0.117. The number of hydrogen-bond acceptors (Lipinski definition) is 17. The maximum absolute atomic E-state index is 11.6. The number of carbonyl (C=O) groups is 2. The van der Waals surface area contributed by atoms with Crippen molar-refractivity contribution >= 4 is 126 Å². The number of thiocarbonyl (C=S) groups is 2. The van der Waals surface area contributed by atoms with E-state index >= 15 is 0 Å². The number of methoxy groups -OCH3 is 2. The number of Topliss-reactive ketones (excluding diaryl/α,β-unsaturated/α-hetero) is 1. The minimum absolute atomic E-state index is 0.0320. The van der Waals surface area contributed by atoms with Crippen molar-refractivity contribution in [3.8, 4) is 0 Å². The molecule has 0 aliphatic rings. The number of thioether (sulfide) groups is 6. The van der Waals surface area contributed by atoms with E-state index < -0.39 is 0 Å². The molecule has 17 heteroatoms. The van der Waals surface area contributed by atoms with E-state index in [1.54, 1.807) is 44.7 Å². The first-order valence-corrected chi connectivity index (χ1v) is 27.7. The molecule has 0 heterocycles. The molecule has 3 unspecified atom stereocenters. The number of unbranched alkanes of at least 4 members (excludes halogenated alkanes) is 6. The van der Waals surface area contributed by atoms with E-state index in [2.05, 4.69) is 19.4 Å². The highest BCUT2D eigenvalue weighted by atomic mass is 32.2. The highest BCUT2D eigenvalue weighted by molar-refractivity contribution is 8.38. The molecule has 0 amide bonds. The fourth-order valence-corrected chi connectivity index (χ4v) is 10.4. The van der Waals surface area contributed by atoms with Gasteiger partial charge >= 0.3 is 6.08 Å². The number of hydrogen-bond donors (Lipinski definition) is 2. The highest BCUT2D eigenvalue weighted by Crippen LogP contribution is 2.21. The Morgan fingerprint density at radius 2 is 1.25 bits per heavy atom. The van der Waals surface area contributed by atoms with Gasteiger partial charge in [-0.2, -0.15) is 35.3 Å². The molecule has 0 saturated heterocycles. The second-order valence-electron chi connectivity index (χ2n) is 13.2. The first-order chi connectivity index (χ1) is 27.3. The Morgan fingerprint density at radius 3 is 1.79 bits per heavy atom. The fourth-order valence-electron chi connectivity index (χ4n) is 4.40. The first-order valence-electron chi connectivity index (χ1n) is 19.8. The van der Waals surface area contributed by atoms with Crippen LogP contribution in [0.2, 0.25) is 0 Å². The lowest BCUT2D eigenvalue weighted by Gasteiger charge is -2.15. The minimum Gasteiger partial charge on any atom is -0.479 e. The van der Waals surface area contributed by atoms with Crippen molar-refractivity contribution in [2.24, 2.45) is 0 Å². The molecular weight excluding hydrogens is 877 g/mol. The van der Waals surface area contributed by atoms with Crippen molar-refractivity contribution in [2.45, 2.75) is 135 Å². The Bertz CT molecular complexity index is 907. The van der Waals surface area contributed by atoms with E-state index in [0.717, 1.165) is 111 Å². The lowest BCUT2D eigenvalue weighted by Crippen LogP contribution is -2.21. The normalized spacial score (nSPS) is 12.2. The van der Waals surface area contributed by atoms with Crippen LogP contribution in [0.1, 0.15) is 118 Å². The molecule has 3 atom stereocenters. The molecule has 0 fully saturated rings. The monoisotopic (exact) mass is 952 g/mol. The summed E-state index contributed by atoms with van der Waals surface area (Å²) in [6.45, 7) is 9.16. The minimum atomic E-state index is -0.124. The summed E-state index contributed by atoms with van der Waals surface area (Å²) in [5, 5.41) is 15.5. The molecular formula is C40H76N2O7S8. The molecule has 336 valence electrons. The molecule has 0 aliphatic carbocycles. The van der Waals surface area contributed by atoms with Gasteiger partial charge in [-0.05, 0) is 127 Å². The smallest absolute Gasteiger partial charge is 0.380 e. The second-order valence-corrected chi connectivity index (χ2v) is 20.8. The third kappa shape index (κ3) is 50.5. The van der Waals surface area contributed by atoms with Crippen molar-refractivity contribution in [2.75, 3.05) is 81.6 Å². The standard InChI is InChI=1S/C14H28N2O3.C13H24O3S3.C13H24OS5/c1-4-8-13(17-3)11-19-14(16)18-10-7-5-6-9-12(2)15;1-11(14)7-5-4-6-8-18-13(15)19-10-12(16-2)9-17-3;1-11(15)7-5-4-6-8-14-13(16)19-10-12(18-3)9-17-2/h13,15-16H,4-11H2,1-3H3;2*12H,4-10H2,1-3H3. The van der Waals surface area contributed by atoms with Crippen LogP contribution >= 0.6 is 95.0 Å².